The van der Waals surface area contributed by atoms with Crippen molar-refractivity contribution in [2.75, 3.05) is 19.6 Å². The molecule has 0 N–H and O–H groups in total. The molecule has 0 radical (unpaired) electrons. The number of hydrogen-bond donors (Lipinski definition) is 0. The predicted molar refractivity (Wildman–Crippen MR) is 68.9 cm³/mol. The van der Waals surface area contributed by atoms with Crippen LogP contribution in [0.1, 0.15) is 24.0 Å². The number of benzene rings is 1. The summed E-state index contributed by atoms with van der Waals surface area (Å²) in [4.78, 5) is 2.50. The highest BCUT2D eigenvalue weighted by atomic mass is 16.5. The summed E-state index contributed by atoms with van der Waals surface area (Å²) in [6.45, 7) is 4.27. The molecule has 3 aliphatic rings. The van der Waals surface area contributed by atoms with E-state index in [1.54, 1.807) is 0 Å². The van der Waals surface area contributed by atoms with Gasteiger partial charge in [-0.05, 0) is 49.5 Å². The maximum Gasteiger partial charge on any atom is 0.0991 e. The van der Waals surface area contributed by atoms with Crippen LogP contribution in [0.3, 0.4) is 0 Å². The SMILES string of the molecule is N#Cc1ccc(COC2CN3CCC2CC3)cc1. The van der Waals surface area contributed by atoms with Crippen molar-refractivity contribution in [3.8, 4) is 6.07 Å². The maximum atomic E-state index is 8.75. The molecule has 4 rings (SSSR count). The summed E-state index contributed by atoms with van der Waals surface area (Å²) in [5.74, 6) is 0.758. The zero-order chi connectivity index (χ0) is 12.4. The van der Waals surface area contributed by atoms with Crippen LogP contribution < -0.4 is 0 Å². The van der Waals surface area contributed by atoms with E-state index < -0.39 is 0 Å². The van der Waals surface area contributed by atoms with Crippen molar-refractivity contribution in [2.45, 2.75) is 25.6 Å². The van der Waals surface area contributed by atoms with E-state index in [-0.39, 0.29) is 0 Å². The Labute approximate surface area is 108 Å². The van der Waals surface area contributed by atoms with Gasteiger partial charge in [0.05, 0.1) is 24.3 Å². The smallest absolute Gasteiger partial charge is 0.0991 e. The molecule has 2 bridgehead atoms. The third-order valence-electron chi connectivity index (χ3n) is 4.14. The van der Waals surface area contributed by atoms with E-state index in [1.807, 2.05) is 24.3 Å². The first-order chi connectivity index (χ1) is 8.85. The lowest BCUT2D eigenvalue weighted by atomic mass is 9.86. The van der Waals surface area contributed by atoms with Crippen LogP contribution in [-0.2, 0) is 11.3 Å². The third-order valence-corrected chi connectivity index (χ3v) is 4.14. The Bertz CT molecular complexity index is 441. The van der Waals surface area contributed by atoms with Gasteiger partial charge in [-0.25, -0.2) is 0 Å². The number of piperidine rings is 3. The average molecular weight is 242 g/mol. The Morgan fingerprint density at radius 1 is 1.22 bits per heavy atom. The first kappa shape index (κ1) is 11.7. The highest BCUT2D eigenvalue weighted by Crippen LogP contribution is 2.29. The number of nitriles is 1. The molecule has 0 aromatic heterocycles. The van der Waals surface area contributed by atoms with Crippen LogP contribution >= 0.6 is 0 Å². The summed E-state index contributed by atoms with van der Waals surface area (Å²) in [7, 11) is 0. The molecule has 3 heteroatoms. The van der Waals surface area contributed by atoms with E-state index in [0.717, 1.165) is 18.0 Å². The molecular weight excluding hydrogens is 224 g/mol. The average Bonchev–Trinajstić information content (AvgIpc) is 2.47. The first-order valence-corrected chi connectivity index (χ1v) is 6.68. The van der Waals surface area contributed by atoms with Gasteiger partial charge < -0.3 is 9.64 Å². The second-order valence-electron chi connectivity index (χ2n) is 5.30. The second-order valence-corrected chi connectivity index (χ2v) is 5.30. The highest BCUT2D eigenvalue weighted by molar-refractivity contribution is 5.31. The molecule has 3 saturated heterocycles. The lowest BCUT2D eigenvalue weighted by Gasteiger charge is -2.44. The Morgan fingerprint density at radius 3 is 2.50 bits per heavy atom. The molecule has 18 heavy (non-hydrogen) atoms. The Hall–Kier alpha value is -1.37. The van der Waals surface area contributed by atoms with Crippen LogP contribution in [0.2, 0.25) is 0 Å². The summed E-state index contributed by atoms with van der Waals surface area (Å²) < 4.78 is 6.05. The van der Waals surface area contributed by atoms with Crippen molar-refractivity contribution >= 4 is 0 Å². The van der Waals surface area contributed by atoms with E-state index in [9.17, 15) is 0 Å². The predicted octanol–water partition coefficient (Wildman–Crippen LogP) is 2.17. The van der Waals surface area contributed by atoms with Gasteiger partial charge in [-0.15, -0.1) is 0 Å². The summed E-state index contributed by atoms with van der Waals surface area (Å²) in [5, 5.41) is 8.75. The fraction of sp³-hybridized carbons (Fsp3) is 0.533. The van der Waals surface area contributed by atoms with E-state index in [0.29, 0.717) is 18.3 Å². The van der Waals surface area contributed by atoms with E-state index in [2.05, 4.69) is 11.0 Å². The summed E-state index contributed by atoms with van der Waals surface area (Å²) in [6, 6.07) is 9.82. The van der Waals surface area contributed by atoms with Crippen molar-refractivity contribution in [3.05, 3.63) is 35.4 Å². The van der Waals surface area contributed by atoms with Gasteiger partial charge in [0.1, 0.15) is 0 Å². The standard InChI is InChI=1S/C15H18N2O/c16-9-12-1-3-13(4-2-12)11-18-15-10-17-7-5-14(15)6-8-17/h1-4,14-15H,5-8,10-11H2. The van der Waals surface area contributed by atoms with Crippen LogP contribution in [-0.4, -0.2) is 30.6 Å². The largest absolute Gasteiger partial charge is 0.372 e. The van der Waals surface area contributed by atoms with Crippen molar-refractivity contribution in [2.24, 2.45) is 5.92 Å². The Kier molecular flexibility index (Phi) is 3.31. The Balaban J connectivity index is 1.56. The number of rotatable bonds is 3. The Morgan fingerprint density at radius 2 is 1.94 bits per heavy atom. The molecule has 1 unspecified atom stereocenters. The molecule has 1 aromatic carbocycles. The van der Waals surface area contributed by atoms with E-state index >= 15 is 0 Å². The lowest BCUT2D eigenvalue weighted by Crippen LogP contribution is -2.51. The number of hydrogen-bond acceptors (Lipinski definition) is 3. The van der Waals surface area contributed by atoms with Crippen molar-refractivity contribution in [3.63, 3.8) is 0 Å². The van der Waals surface area contributed by atoms with Gasteiger partial charge in [0.25, 0.3) is 0 Å². The highest BCUT2D eigenvalue weighted by Gasteiger charge is 2.34. The zero-order valence-electron chi connectivity index (χ0n) is 10.5. The summed E-state index contributed by atoms with van der Waals surface area (Å²) >= 11 is 0. The topological polar surface area (TPSA) is 36.3 Å². The number of nitrogens with zero attached hydrogens (tertiary/aromatic N) is 2. The van der Waals surface area contributed by atoms with Gasteiger partial charge in [-0.2, -0.15) is 5.26 Å². The normalized spacial score (nSPS) is 30.1. The minimum absolute atomic E-state index is 0.406. The third kappa shape index (κ3) is 2.40. The maximum absolute atomic E-state index is 8.75. The molecule has 0 amide bonds. The quantitative estimate of drug-likeness (QED) is 0.815. The minimum Gasteiger partial charge on any atom is -0.372 e. The van der Waals surface area contributed by atoms with Crippen molar-refractivity contribution in [1.29, 1.82) is 5.26 Å². The molecule has 3 heterocycles. The fourth-order valence-corrected chi connectivity index (χ4v) is 2.98. The minimum atomic E-state index is 0.406. The molecule has 1 atom stereocenters. The molecule has 94 valence electrons. The van der Waals surface area contributed by atoms with Crippen LogP contribution in [0.4, 0.5) is 0 Å². The van der Waals surface area contributed by atoms with E-state index in [1.165, 1.54) is 25.9 Å². The molecule has 1 aromatic rings. The first-order valence-electron chi connectivity index (χ1n) is 6.68. The molecule has 3 fully saturated rings. The van der Waals surface area contributed by atoms with Gasteiger partial charge in [0, 0.05) is 6.54 Å². The van der Waals surface area contributed by atoms with Crippen molar-refractivity contribution in [1.82, 2.24) is 4.90 Å². The summed E-state index contributed by atoms with van der Waals surface area (Å²) in [6.07, 6.45) is 2.99. The monoisotopic (exact) mass is 242 g/mol. The summed E-state index contributed by atoms with van der Waals surface area (Å²) in [5.41, 5.74) is 1.87. The number of ether oxygens (including phenoxy) is 1. The van der Waals surface area contributed by atoms with Gasteiger partial charge >= 0.3 is 0 Å². The second kappa shape index (κ2) is 5.09. The van der Waals surface area contributed by atoms with Crippen LogP contribution in [0, 0.1) is 17.2 Å². The van der Waals surface area contributed by atoms with E-state index in [4.69, 9.17) is 10.00 Å². The molecule has 3 aliphatic heterocycles. The van der Waals surface area contributed by atoms with Crippen LogP contribution in [0.15, 0.2) is 24.3 Å². The fourth-order valence-electron chi connectivity index (χ4n) is 2.98. The van der Waals surface area contributed by atoms with Crippen LogP contribution in [0.5, 0.6) is 0 Å². The molecule has 3 nitrogen and oxygen atoms in total. The molecule has 0 aliphatic carbocycles. The van der Waals surface area contributed by atoms with Gasteiger partial charge in [-0.3, -0.25) is 0 Å². The molecular formula is C15H18N2O. The van der Waals surface area contributed by atoms with Gasteiger partial charge in [0.2, 0.25) is 0 Å². The van der Waals surface area contributed by atoms with Crippen LogP contribution in [0.25, 0.3) is 0 Å². The van der Waals surface area contributed by atoms with Gasteiger partial charge in [0.15, 0.2) is 0 Å². The van der Waals surface area contributed by atoms with Crippen molar-refractivity contribution < 1.29 is 4.74 Å². The lowest BCUT2D eigenvalue weighted by molar-refractivity contribution is -0.0765. The number of fused-ring (bicyclic) bond motifs is 3. The molecule has 0 saturated carbocycles. The zero-order valence-corrected chi connectivity index (χ0v) is 10.5. The van der Waals surface area contributed by atoms with Gasteiger partial charge in [-0.1, -0.05) is 12.1 Å². The molecule has 0 spiro atoms.